The first-order valence-electron chi connectivity index (χ1n) is 6.43. The summed E-state index contributed by atoms with van der Waals surface area (Å²) in [5.41, 5.74) is 0. The maximum absolute atomic E-state index is 13.5. The van der Waals surface area contributed by atoms with E-state index in [-0.39, 0.29) is 9.37 Å². The number of hydrogen-bond donors (Lipinski definition) is 0. The van der Waals surface area contributed by atoms with Crippen LogP contribution in [0.25, 0.3) is 0 Å². The second-order valence-electron chi connectivity index (χ2n) is 5.35. The molecule has 2 aliphatic rings. The molecule has 2 atom stereocenters. The Morgan fingerprint density at radius 2 is 1.84 bits per heavy atom. The number of benzene rings is 1. The molecule has 3 nitrogen and oxygen atoms in total. The lowest BCUT2D eigenvalue weighted by Gasteiger charge is -2.17. The number of rotatable bonds is 2. The van der Waals surface area contributed by atoms with Gasteiger partial charge in [-0.1, -0.05) is 6.42 Å². The van der Waals surface area contributed by atoms with Crippen LogP contribution in [0.1, 0.15) is 19.3 Å². The van der Waals surface area contributed by atoms with E-state index < -0.39 is 15.8 Å². The van der Waals surface area contributed by atoms with E-state index in [9.17, 15) is 12.8 Å². The summed E-state index contributed by atoms with van der Waals surface area (Å²) in [4.78, 5) is 0.0492. The van der Waals surface area contributed by atoms with Gasteiger partial charge in [0.1, 0.15) is 5.82 Å². The predicted octanol–water partition coefficient (Wildman–Crippen LogP) is 3.01. The molecule has 1 heterocycles. The zero-order valence-electron chi connectivity index (χ0n) is 10.4. The third-order valence-corrected chi connectivity index (χ3v) is 6.69. The van der Waals surface area contributed by atoms with Crippen molar-refractivity contribution in [1.29, 1.82) is 0 Å². The summed E-state index contributed by atoms with van der Waals surface area (Å²) in [5.74, 6) is 0.450. The van der Waals surface area contributed by atoms with Crippen molar-refractivity contribution in [2.45, 2.75) is 24.2 Å². The van der Waals surface area contributed by atoms with Crippen LogP contribution in [0.3, 0.4) is 0 Å². The molecule has 1 saturated carbocycles. The first-order valence-corrected chi connectivity index (χ1v) is 8.67. The molecule has 1 aliphatic carbocycles. The van der Waals surface area contributed by atoms with E-state index in [2.05, 4.69) is 15.9 Å². The second-order valence-corrected chi connectivity index (χ2v) is 8.14. The van der Waals surface area contributed by atoms with Crippen LogP contribution >= 0.6 is 15.9 Å². The third-order valence-electron chi connectivity index (χ3n) is 4.22. The minimum Gasteiger partial charge on any atom is -0.207 e. The van der Waals surface area contributed by atoms with Crippen molar-refractivity contribution in [2.75, 3.05) is 13.1 Å². The van der Waals surface area contributed by atoms with Gasteiger partial charge in [0.25, 0.3) is 0 Å². The van der Waals surface area contributed by atoms with Crippen LogP contribution in [-0.2, 0) is 10.0 Å². The van der Waals surface area contributed by atoms with Gasteiger partial charge in [-0.15, -0.1) is 0 Å². The van der Waals surface area contributed by atoms with E-state index in [1.807, 2.05) is 0 Å². The highest BCUT2D eigenvalue weighted by atomic mass is 79.9. The molecule has 2 fully saturated rings. The molecule has 0 N–H and O–H groups in total. The zero-order valence-corrected chi connectivity index (χ0v) is 12.8. The Morgan fingerprint density at radius 3 is 2.42 bits per heavy atom. The Kier molecular flexibility index (Phi) is 3.43. The van der Waals surface area contributed by atoms with Gasteiger partial charge in [-0.05, 0) is 58.8 Å². The predicted molar refractivity (Wildman–Crippen MR) is 73.7 cm³/mol. The molecule has 0 bridgehead atoms. The lowest BCUT2D eigenvalue weighted by atomic mass is 10.0. The molecule has 104 valence electrons. The average molecular weight is 348 g/mol. The summed E-state index contributed by atoms with van der Waals surface area (Å²) in [6.45, 7) is 1.18. The van der Waals surface area contributed by atoms with Crippen LogP contribution < -0.4 is 0 Å². The van der Waals surface area contributed by atoms with Crippen LogP contribution in [0.15, 0.2) is 27.6 Å². The molecular weight excluding hydrogens is 333 g/mol. The maximum atomic E-state index is 13.5. The molecule has 0 aromatic heterocycles. The van der Waals surface area contributed by atoms with E-state index in [4.69, 9.17) is 0 Å². The molecule has 6 heteroatoms. The minimum atomic E-state index is -3.55. The standard InChI is InChI=1S/C13H15BrFNO2S/c14-12-5-4-11(6-13(12)15)19(17,18)16-7-9-2-1-3-10(9)8-16/h4-6,9-10H,1-3,7-8H2. The number of sulfonamides is 1. The molecule has 1 aromatic carbocycles. The van der Waals surface area contributed by atoms with Crippen molar-refractivity contribution in [3.8, 4) is 0 Å². The number of halogens is 2. The molecule has 1 aliphatic heterocycles. The van der Waals surface area contributed by atoms with Gasteiger partial charge in [0, 0.05) is 13.1 Å². The molecule has 0 spiro atoms. The van der Waals surface area contributed by atoms with Crippen molar-refractivity contribution in [3.05, 3.63) is 28.5 Å². The van der Waals surface area contributed by atoms with Gasteiger partial charge in [0.05, 0.1) is 9.37 Å². The van der Waals surface area contributed by atoms with E-state index in [1.54, 1.807) is 0 Å². The Morgan fingerprint density at radius 1 is 1.21 bits per heavy atom. The number of hydrogen-bond acceptors (Lipinski definition) is 2. The Bertz CT molecular complexity index is 593. The Labute approximate surface area is 121 Å². The summed E-state index contributed by atoms with van der Waals surface area (Å²) in [6.07, 6.45) is 3.44. The summed E-state index contributed by atoms with van der Waals surface area (Å²) < 4.78 is 40.2. The Hall–Kier alpha value is -0.460. The van der Waals surface area contributed by atoms with Gasteiger partial charge < -0.3 is 0 Å². The topological polar surface area (TPSA) is 37.4 Å². The van der Waals surface area contributed by atoms with Crippen molar-refractivity contribution in [3.63, 3.8) is 0 Å². The van der Waals surface area contributed by atoms with Gasteiger partial charge in [0.15, 0.2) is 0 Å². The van der Waals surface area contributed by atoms with Crippen LogP contribution in [0.5, 0.6) is 0 Å². The lowest BCUT2D eigenvalue weighted by molar-refractivity contribution is 0.445. The van der Waals surface area contributed by atoms with Gasteiger partial charge in [-0.2, -0.15) is 4.31 Å². The third kappa shape index (κ3) is 2.34. The van der Waals surface area contributed by atoms with Crippen LogP contribution in [0.2, 0.25) is 0 Å². The molecule has 0 radical (unpaired) electrons. The first kappa shape index (κ1) is 13.5. The fourth-order valence-electron chi connectivity index (χ4n) is 3.17. The quantitative estimate of drug-likeness (QED) is 0.824. The van der Waals surface area contributed by atoms with Crippen molar-refractivity contribution in [2.24, 2.45) is 11.8 Å². The summed E-state index contributed by atoms with van der Waals surface area (Å²) in [7, 11) is -3.55. The number of fused-ring (bicyclic) bond motifs is 1. The molecular formula is C13H15BrFNO2S. The van der Waals surface area contributed by atoms with Gasteiger partial charge in [-0.3, -0.25) is 0 Å². The number of nitrogens with zero attached hydrogens (tertiary/aromatic N) is 1. The van der Waals surface area contributed by atoms with E-state index in [0.717, 1.165) is 18.9 Å². The molecule has 1 saturated heterocycles. The van der Waals surface area contributed by atoms with Gasteiger partial charge in [-0.25, -0.2) is 12.8 Å². The minimum absolute atomic E-state index is 0.0492. The van der Waals surface area contributed by atoms with Crippen molar-refractivity contribution >= 4 is 26.0 Å². The largest absolute Gasteiger partial charge is 0.243 e. The molecule has 3 rings (SSSR count). The van der Waals surface area contributed by atoms with E-state index in [1.165, 1.54) is 22.9 Å². The fraction of sp³-hybridized carbons (Fsp3) is 0.538. The van der Waals surface area contributed by atoms with Crippen LogP contribution in [-0.4, -0.2) is 25.8 Å². The summed E-state index contributed by atoms with van der Waals surface area (Å²) in [5, 5.41) is 0. The highest BCUT2D eigenvalue weighted by Crippen LogP contribution is 2.39. The zero-order chi connectivity index (χ0) is 13.6. The van der Waals surface area contributed by atoms with E-state index in [0.29, 0.717) is 24.9 Å². The highest BCUT2D eigenvalue weighted by Gasteiger charge is 2.41. The van der Waals surface area contributed by atoms with Crippen molar-refractivity contribution < 1.29 is 12.8 Å². The van der Waals surface area contributed by atoms with Crippen molar-refractivity contribution in [1.82, 2.24) is 4.31 Å². The molecule has 19 heavy (non-hydrogen) atoms. The average Bonchev–Trinajstić information content (AvgIpc) is 2.93. The lowest BCUT2D eigenvalue weighted by Crippen LogP contribution is -2.29. The van der Waals surface area contributed by atoms with E-state index >= 15 is 0 Å². The summed E-state index contributed by atoms with van der Waals surface area (Å²) in [6, 6.07) is 3.99. The van der Waals surface area contributed by atoms with Crippen LogP contribution in [0.4, 0.5) is 4.39 Å². The first-order chi connectivity index (χ1) is 8.98. The highest BCUT2D eigenvalue weighted by molar-refractivity contribution is 9.10. The molecule has 1 aromatic rings. The maximum Gasteiger partial charge on any atom is 0.243 e. The Balaban J connectivity index is 1.88. The summed E-state index contributed by atoms with van der Waals surface area (Å²) >= 11 is 3.04. The smallest absolute Gasteiger partial charge is 0.207 e. The van der Waals surface area contributed by atoms with Crippen LogP contribution in [0, 0.1) is 17.7 Å². The normalized spacial score (nSPS) is 27.7. The fourth-order valence-corrected chi connectivity index (χ4v) is 4.99. The van der Waals surface area contributed by atoms with Gasteiger partial charge in [0.2, 0.25) is 10.0 Å². The monoisotopic (exact) mass is 347 g/mol. The van der Waals surface area contributed by atoms with Gasteiger partial charge >= 0.3 is 0 Å². The molecule has 2 unspecified atom stereocenters. The second kappa shape index (κ2) is 4.82. The SMILES string of the molecule is O=S(=O)(c1ccc(Br)c(F)c1)N1CC2CCCC2C1. The molecule has 0 amide bonds.